The van der Waals surface area contributed by atoms with E-state index < -0.39 is 0 Å². The number of methoxy groups -OCH3 is 3. The highest BCUT2D eigenvalue weighted by Gasteiger charge is 2.17. The summed E-state index contributed by atoms with van der Waals surface area (Å²) in [7, 11) is 4.57. The number of fused-ring (bicyclic) bond motifs is 1. The number of nitrogens with zero attached hydrogens (tertiary/aromatic N) is 2. The lowest BCUT2D eigenvalue weighted by atomic mass is 10.1. The second kappa shape index (κ2) is 12.6. The number of hydrogen-bond acceptors (Lipinski definition) is 6. The summed E-state index contributed by atoms with van der Waals surface area (Å²) in [6, 6.07) is 17.0. The Kier molecular flexibility index (Phi) is 8.97. The summed E-state index contributed by atoms with van der Waals surface area (Å²) in [5.74, 6) is 2.82. The molecule has 8 nitrogen and oxygen atoms in total. The number of benzene rings is 3. The zero-order valence-corrected chi connectivity index (χ0v) is 22.8. The van der Waals surface area contributed by atoms with Crippen molar-refractivity contribution < 1.29 is 23.7 Å². The Hall–Kier alpha value is -3.91. The third-order valence-electron chi connectivity index (χ3n) is 6.24. The lowest BCUT2D eigenvalue weighted by molar-refractivity contribution is 0.0952. The summed E-state index contributed by atoms with van der Waals surface area (Å²) < 4.78 is 24.2. The highest BCUT2D eigenvalue weighted by Crippen LogP contribution is 2.38. The van der Waals surface area contributed by atoms with E-state index in [-0.39, 0.29) is 5.91 Å². The second-order valence-electron chi connectivity index (χ2n) is 8.70. The Morgan fingerprint density at radius 1 is 1.00 bits per heavy atom. The SMILES string of the molecule is COc1cc(C(=O)NCCCc2nc3ccccc3n2CCOc2ccc(Cl)c(C)c2)cc(OC)c1OC. The van der Waals surface area contributed by atoms with Crippen LogP contribution < -0.4 is 24.3 Å². The van der Waals surface area contributed by atoms with Gasteiger partial charge in [-0.15, -0.1) is 0 Å². The number of rotatable bonds is 12. The Balaban J connectivity index is 1.38. The van der Waals surface area contributed by atoms with Gasteiger partial charge in [0, 0.05) is 23.6 Å². The molecule has 0 aliphatic rings. The van der Waals surface area contributed by atoms with Crippen LogP contribution in [0.1, 0.15) is 28.2 Å². The number of amides is 1. The molecule has 0 fully saturated rings. The van der Waals surface area contributed by atoms with E-state index in [0.717, 1.165) is 39.6 Å². The van der Waals surface area contributed by atoms with Crippen molar-refractivity contribution in [3.63, 3.8) is 0 Å². The van der Waals surface area contributed by atoms with E-state index in [2.05, 4.69) is 16.0 Å². The Labute approximate surface area is 227 Å². The maximum absolute atomic E-state index is 12.8. The number of hydrogen-bond donors (Lipinski definition) is 1. The van der Waals surface area contributed by atoms with Crippen molar-refractivity contribution >= 4 is 28.5 Å². The first kappa shape index (κ1) is 27.1. The fourth-order valence-corrected chi connectivity index (χ4v) is 4.41. The molecule has 0 atom stereocenters. The first-order valence-electron chi connectivity index (χ1n) is 12.4. The lowest BCUT2D eigenvalue weighted by Crippen LogP contribution is -2.25. The maximum atomic E-state index is 12.8. The van der Waals surface area contributed by atoms with Gasteiger partial charge in [-0.25, -0.2) is 4.98 Å². The zero-order chi connectivity index (χ0) is 27.1. The summed E-state index contributed by atoms with van der Waals surface area (Å²) in [6.07, 6.45) is 1.42. The first-order chi connectivity index (χ1) is 18.4. The van der Waals surface area contributed by atoms with Gasteiger partial charge in [0.15, 0.2) is 11.5 Å². The Morgan fingerprint density at radius 2 is 1.74 bits per heavy atom. The van der Waals surface area contributed by atoms with Gasteiger partial charge in [-0.2, -0.15) is 0 Å². The molecule has 4 rings (SSSR count). The number of aryl methyl sites for hydroxylation is 2. The molecule has 0 saturated heterocycles. The van der Waals surface area contributed by atoms with E-state index in [1.807, 2.05) is 43.3 Å². The van der Waals surface area contributed by atoms with E-state index in [1.165, 1.54) is 21.3 Å². The van der Waals surface area contributed by atoms with Crippen LogP contribution in [0, 0.1) is 6.92 Å². The number of nitrogens with one attached hydrogen (secondary N) is 1. The van der Waals surface area contributed by atoms with Crippen LogP contribution in [0.5, 0.6) is 23.0 Å². The zero-order valence-electron chi connectivity index (χ0n) is 22.0. The van der Waals surface area contributed by atoms with Gasteiger partial charge in [0.2, 0.25) is 5.75 Å². The standard InChI is InChI=1S/C29H32ClN3O5/c1-19-16-21(11-12-22(19)30)38-15-14-33-24-9-6-5-8-23(24)32-27(33)10-7-13-31-29(34)20-17-25(35-2)28(37-4)26(18-20)36-3/h5-6,8-9,11-12,16-18H,7,10,13-15H2,1-4H3,(H,31,34). The summed E-state index contributed by atoms with van der Waals surface area (Å²) in [6.45, 7) is 3.58. The van der Waals surface area contributed by atoms with Crippen LogP contribution in [0.4, 0.5) is 0 Å². The first-order valence-corrected chi connectivity index (χ1v) is 12.7. The molecule has 38 heavy (non-hydrogen) atoms. The lowest BCUT2D eigenvalue weighted by Gasteiger charge is -2.14. The van der Waals surface area contributed by atoms with Crippen molar-refractivity contribution in [1.82, 2.24) is 14.9 Å². The smallest absolute Gasteiger partial charge is 0.251 e. The molecule has 1 aromatic heterocycles. The highest BCUT2D eigenvalue weighted by molar-refractivity contribution is 6.31. The van der Waals surface area contributed by atoms with Crippen LogP contribution in [0.25, 0.3) is 11.0 Å². The van der Waals surface area contributed by atoms with Crippen molar-refractivity contribution in [3.8, 4) is 23.0 Å². The van der Waals surface area contributed by atoms with Crippen molar-refractivity contribution in [2.24, 2.45) is 0 Å². The molecule has 1 N–H and O–H groups in total. The molecular formula is C29H32ClN3O5. The molecule has 0 radical (unpaired) electrons. The minimum atomic E-state index is -0.218. The van der Waals surface area contributed by atoms with E-state index >= 15 is 0 Å². The number of imidazole rings is 1. The van der Waals surface area contributed by atoms with Gasteiger partial charge in [-0.1, -0.05) is 23.7 Å². The predicted octanol–water partition coefficient (Wildman–Crippen LogP) is 5.47. The van der Waals surface area contributed by atoms with Gasteiger partial charge in [0.05, 0.1) is 38.9 Å². The van der Waals surface area contributed by atoms with Crippen molar-refractivity contribution in [2.45, 2.75) is 26.3 Å². The fourth-order valence-electron chi connectivity index (χ4n) is 4.29. The van der Waals surface area contributed by atoms with E-state index in [0.29, 0.717) is 48.9 Å². The van der Waals surface area contributed by atoms with Crippen LogP contribution in [-0.2, 0) is 13.0 Å². The van der Waals surface area contributed by atoms with Crippen LogP contribution in [0.15, 0.2) is 54.6 Å². The quantitative estimate of drug-likeness (QED) is 0.241. The largest absolute Gasteiger partial charge is 0.493 e. The Morgan fingerprint density at radius 3 is 2.42 bits per heavy atom. The molecule has 0 aliphatic carbocycles. The third kappa shape index (κ3) is 6.14. The topological polar surface area (TPSA) is 83.8 Å². The monoisotopic (exact) mass is 537 g/mol. The molecule has 0 saturated carbocycles. The average molecular weight is 538 g/mol. The molecule has 4 aromatic rings. The van der Waals surface area contributed by atoms with Gasteiger partial charge < -0.3 is 28.8 Å². The predicted molar refractivity (Wildman–Crippen MR) is 148 cm³/mol. The normalized spacial score (nSPS) is 10.9. The molecule has 200 valence electrons. The molecule has 1 amide bonds. The van der Waals surface area contributed by atoms with Gasteiger partial charge in [-0.05, 0) is 61.4 Å². The van der Waals surface area contributed by atoms with E-state index in [9.17, 15) is 4.79 Å². The van der Waals surface area contributed by atoms with Gasteiger partial charge in [-0.3, -0.25) is 4.79 Å². The summed E-state index contributed by atoms with van der Waals surface area (Å²) in [4.78, 5) is 17.6. The molecule has 0 aliphatic heterocycles. The fraction of sp³-hybridized carbons (Fsp3) is 0.310. The third-order valence-corrected chi connectivity index (χ3v) is 6.66. The summed E-state index contributed by atoms with van der Waals surface area (Å²) in [5.41, 5.74) is 3.40. The van der Waals surface area contributed by atoms with Crippen LogP contribution in [0.2, 0.25) is 5.02 Å². The molecule has 0 bridgehead atoms. The van der Waals surface area contributed by atoms with Gasteiger partial charge in [0.25, 0.3) is 5.91 Å². The average Bonchev–Trinajstić information content (AvgIpc) is 3.29. The summed E-state index contributed by atoms with van der Waals surface area (Å²) in [5, 5.41) is 3.69. The molecule has 9 heteroatoms. The van der Waals surface area contributed by atoms with Crippen molar-refractivity contribution in [2.75, 3.05) is 34.5 Å². The minimum absolute atomic E-state index is 0.218. The number of carbonyl (C=O) groups excluding carboxylic acids is 1. The van der Waals surface area contributed by atoms with E-state index in [1.54, 1.807) is 12.1 Å². The molecule has 0 unspecified atom stereocenters. The number of ether oxygens (including phenoxy) is 4. The maximum Gasteiger partial charge on any atom is 0.251 e. The minimum Gasteiger partial charge on any atom is -0.493 e. The number of carbonyl (C=O) groups is 1. The molecular weight excluding hydrogens is 506 g/mol. The van der Waals surface area contributed by atoms with E-state index in [4.69, 9.17) is 35.5 Å². The number of para-hydroxylation sites is 2. The van der Waals surface area contributed by atoms with Crippen LogP contribution in [0.3, 0.4) is 0 Å². The second-order valence-corrected chi connectivity index (χ2v) is 9.11. The highest BCUT2D eigenvalue weighted by atomic mass is 35.5. The van der Waals surface area contributed by atoms with Gasteiger partial charge in [0.1, 0.15) is 18.2 Å². The number of halogens is 1. The van der Waals surface area contributed by atoms with Crippen molar-refractivity contribution in [3.05, 3.63) is 76.6 Å². The van der Waals surface area contributed by atoms with Crippen LogP contribution in [-0.4, -0.2) is 49.9 Å². The number of aromatic nitrogens is 2. The van der Waals surface area contributed by atoms with Crippen LogP contribution >= 0.6 is 11.6 Å². The molecule has 0 spiro atoms. The Bertz CT molecular complexity index is 1390. The molecule has 1 heterocycles. The molecule has 3 aromatic carbocycles. The van der Waals surface area contributed by atoms with Gasteiger partial charge >= 0.3 is 0 Å². The van der Waals surface area contributed by atoms with Crippen molar-refractivity contribution in [1.29, 1.82) is 0 Å². The summed E-state index contributed by atoms with van der Waals surface area (Å²) >= 11 is 6.13.